The molecular formula is C10H15N3O2S. The third-order valence-electron chi connectivity index (χ3n) is 2.25. The van der Waals surface area contributed by atoms with Crippen molar-refractivity contribution in [2.75, 3.05) is 23.6 Å². The molecule has 1 rings (SSSR count). The number of nitrogens with one attached hydrogen (secondary N) is 1. The number of rotatable bonds is 2. The van der Waals surface area contributed by atoms with Gasteiger partial charge in [-0.05, 0) is 51.9 Å². The van der Waals surface area contributed by atoms with Crippen LogP contribution < -0.4 is 11.1 Å². The quantitative estimate of drug-likeness (QED) is 0.616. The van der Waals surface area contributed by atoms with Gasteiger partial charge in [-0.25, -0.2) is 0 Å². The molecule has 0 aliphatic heterocycles. The Morgan fingerprint density at radius 3 is 2.62 bits per heavy atom. The summed E-state index contributed by atoms with van der Waals surface area (Å²) in [6.07, 6.45) is 3.08. The fourth-order valence-electron chi connectivity index (χ4n) is 1.06. The first kappa shape index (κ1) is 12.5. The Kier molecular flexibility index (Phi) is 3.54. The van der Waals surface area contributed by atoms with Crippen LogP contribution in [0.5, 0.6) is 0 Å². The lowest BCUT2D eigenvalue weighted by atomic mass is 10.1. The van der Waals surface area contributed by atoms with Gasteiger partial charge in [-0.2, -0.15) is 0 Å². The van der Waals surface area contributed by atoms with E-state index in [1.807, 2.05) is 6.92 Å². The zero-order valence-corrected chi connectivity index (χ0v) is 10.3. The molecule has 1 aromatic carbocycles. The van der Waals surface area contributed by atoms with Gasteiger partial charge >= 0.3 is 0 Å². The maximum atomic E-state index is 11.7. The van der Waals surface area contributed by atoms with Crippen molar-refractivity contribution < 1.29 is 4.79 Å². The van der Waals surface area contributed by atoms with Crippen LogP contribution in [0.25, 0.3) is 0 Å². The average Bonchev–Trinajstić information content (AvgIpc) is 2.24. The molecule has 0 fully saturated rings. The van der Waals surface area contributed by atoms with E-state index in [0.717, 1.165) is 5.56 Å². The molecule has 0 saturated heterocycles. The number of carbonyl (C=O) groups is 1. The van der Waals surface area contributed by atoms with E-state index < -0.39 is 10.2 Å². The summed E-state index contributed by atoms with van der Waals surface area (Å²) in [5.41, 5.74) is 7.72. The summed E-state index contributed by atoms with van der Waals surface area (Å²) >= 11 is 0. The van der Waals surface area contributed by atoms with Crippen molar-refractivity contribution in [3.8, 4) is 0 Å². The van der Waals surface area contributed by atoms with Crippen LogP contribution in [-0.4, -0.2) is 17.8 Å². The summed E-state index contributed by atoms with van der Waals surface area (Å²) in [5.74, 6) is 0. The highest BCUT2D eigenvalue weighted by Gasteiger charge is 2.23. The van der Waals surface area contributed by atoms with Crippen LogP contribution in [0.15, 0.2) is 22.8 Å². The molecule has 6 heteroatoms. The molecule has 0 atom stereocenters. The Hall–Kier alpha value is -1.56. The number of amides is 1. The molecule has 0 bridgehead atoms. The van der Waals surface area contributed by atoms with Crippen molar-refractivity contribution in [1.29, 1.82) is 0 Å². The molecule has 0 radical (unpaired) electrons. The van der Waals surface area contributed by atoms with Crippen molar-refractivity contribution in [2.45, 2.75) is 6.92 Å². The first-order valence-corrected chi connectivity index (χ1v) is 7.03. The Morgan fingerprint density at radius 2 is 2.06 bits per heavy atom. The van der Waals surface area contributed by atoms with E-state index in [0.29, 0.717) is 11.4 Å². The van der Waals surface area contributed by atoms with E-state index in [1.165, 1.54) is 12.5 Å². The fourth-order valence-corrected chi connectivity index (χ4v) is 1.49. The molecule has 0 aliphatic rings. The molecule has 0 saturated carbocycles. The van der Waals surface area contributed by atoms with E-state index in [9.17, 15) is 9.70 Å². The van der Waals surface area contributed by atoms with Crippen LogP contribution in [0.3, 0.4) is 0 Å². The zero-order chi connectivity index (χ0) is 12.3. The van der Waals surface area contributed by atoms with Crippen molar-refractivity contribution in [1.82, 2.24) is 0 Å². The highest BCUT2D eigenvalue weighted by molar-refractivity contribution is 8.43. The highest BCUT2D eigenvalue weighted by atomic mass is 32.3. The summed E-state index contributed by atoms with van der Waals surface area (Å²) in [6, 6.07) is 5.24. The maximum Gasteiger partial charge on any atom is 0.287 e. The first-order valence-electron chi connectivity index (χ1n) is 4.62. The summed E-state index contributed by atoms with van der Waals surface area (Å²) in [5, 5.41) is 2.30. The van der Waals surface area contributed by atoms with Crippen LogP contribution in [0.1, 0.15) is 5.56 Å². The van der Waals surface area contributed by atoms with Crippen LogP contribution >= 0.6 is 10.2 Å². The lowest BCUT2D eigenvalue weighted by Gasteiger charge is -2.20. The zero-order valence-electron chi connectivity index (χ0n) is 9.48. The third kappa shape index (κ3) is 2.52. The van der Waals surface area contributed by atoms with Gasteiger partial charge in [0.05, 0.1) is 0 Å². The van der Waals surface area contributed by atoms with Crippen molar-refractivity contribution in [2.24, 2.45) is 4.58 Å². The minimum Gasteiger partial charge on any atom is -0.398 e. The Bertz CT molecular complexity index is 432. The van der Waals surface area contributed by atoms with Gasteiger partial charge in [-0.1, -0.05) is 6.07 Å². The minimum absolute atomic E-state index is 0.365. The molecule has 5 nitrogen and oxygen atoms in total. The third-order valence-corrected chi connectivity index (χ3v) is 3.63. The van der Waals surface area contributed by atoms with Gasteiger partial charge < -0.3 is 11.1 Å². The monoisotopic (exact) mass is 241 g/mol. The van der Waals surface area contributed by atoms with Crippen LogP contribution in [-0.2, 0) is 0 Å². The van der Waals surface area contributed by atoms with Gasteiger partial charge in [0.2, 0.25) is 0 Å². The molecule has 0 aliphatic carbocycles. The molecule has 0 spiro atoms. The molecule has 0 unspecified atom stereocenters. The summed E-state index contributed by atoms with van der Waals surface area (Å²) in [6.45, 7) is 1.81. The molecule has 1 aromatic rings. The lowest BCUT2D eigenvalue weighted by Crippen LogP contribution is -2.16. The molecule has 3 N–H and O–H groups in total. The predicted octanol–water partition coefficient (Wildman–Crippen LogP) is 2.85. The Labute approximate surface area is 95.8 Å². The average molecular weight is 241 g/mol. The number of hydrogen-bond donors (Lipinski definition) is 2. The molecule has 0 aromatic heterocycles. The number of benzene rings is 1. The summed E-state index contributed by atoms with van der Waals surface area (Å²) < 4.78 is 2.86. The van der Waals surface area contributed by atoms with E-state index >= 15 is 0 Å². The van der Waals surface area contributed by atoms with Crippen LogP contribution in [0.4, 0.5) is 16.2 Å². The molecular weight excluding hydrogens is 226 g/mol. The van der Waals surface area contributed by atoms with Crippen LogP contribution in [0.2, 0.25) is 0 Å². The highest BCUT2D eigenvalue weighted by Crippen LogP contribution is 2.42. The number of nitroso groups, excluding NO2 is 1. The maximum absolute atomic E-state index is 11.7. The Balaban J connectivity index is 2.94. The predicted molar refractivity (Wildman–Crippen MR) is 69.8 cm³/mol. The van der Waals surface area contributed by atoms with E-state index in [-0.39, 0.29) is 5.24 Å². The van der Waals surface area contributed by atoms with Crippen LogP contribution in [0, 0.1) is 11.8 Å². The molecule has 88 valence electrons. The largest absolute Gasteiger partial charge is 0.398 e. The second-order valence-electron chi connectivity index (χ2n) is 3.78. The smallest absolute Gasteiger partial charge is 0.287 e. The van der Waals surface area contributed by atoms with Gasteiger partial charge in [0.25, 0.3) is 5.24 Å². The second-order valence-corrected chi connectivity index (χ2v) is 6.85. The van der Waals surface area contributed by atoms with Gasteiger partial charge in [-0.3, -0.25) is 4.79 Å². The second kappa shape index (κ2) is 4.52. The van der Waals surface area contributed by atoms with E-state index in [2.05, 4.69) is 9.90 Å². The number of anilines is 2. The minimum atomic E-state index is -2.15. The fraction of sp³-hybridized carbons (Fsp3) is 0.300. The molecule has 0 heterocycles. The van der Waals surface area contributed by atoms with Crippen molar-refractivity contribution in [3.05, 3.63) is 28.7 Å². The summed E-state index contributed by atoms with van der Waals surface area (Å²) in [4.78, 5) is 22.2. The van der Waals surface area contributed by atoms with Gasteiger partial charge in [-0.15, -0.1) is 4.91 Å². The van der Waals surface area contributed by atoms with E-state index in [1.54, 1.807) is 18.2 Å². The molecule has 16 heavy (non-hydrogen) atoms. The van der Waals surface area contributed by atoms with Crippen molar-refractivity contribution >= 4 is 26.8 Å². The number of nitrogens with zero attached hydrogens (tertiary/aromatic N) is 1. The topological polar surface area (TPSA) is 84.5 Å². The SMILES string of the molecule is Cc1c(N)cccc1NC(=O)S(C)(C)N=O. The number of nitrogens with two attached hydrogens (primary N) is 1. The van der Waals surface area contributed by atoms with Gasteiger partial charge in [0.15, 0.2) is 0 Å². The standard InChI is InChI=1S/C10H15N3O2S/c1-7-8(11)5-4-6-9(7)12-10(14)16(2,3)13-15/h4-6H,11H2,1-3H3,(H,12,14). The normalized spacial score (nSPS) is 11.9. The number of hydrogen-bond acceptors (Lipinski definition) is 4. The number of nitrogen functional groups attached to an aromatic ring is 1. The molecule has 1 amide bonds. The van der Waals surface area contributed by atoms with Gasteiger partial charge in [0.1, 0.15) is 0 Å². The Morgan fingerprint density at radius 1 is 1.44 bits per heavy atom. The van der Waals surface area contributed by atoms with Crippen molar-refractivity contribution in [3.63, 3.8) is 0 Å². The first-order chi connectivity index (χ1) is 7.38. The summed E-state index contributed by atoms with van der Waals surface area (Å²) in [7, 11) is -2.15. The van der Waals surface area contributed by atoms with E-state index in [4.69, 9.17) is 5.73 Å². The number of carbonyl (C=O) groups excluding carboxylic acids is 1. The lowest BCUT2D eigenvalue weighted by molar-refractivity contribution is 0.269. The van der Waals surface area contributed by atoms with Gasteiger partial charge in [0, 0.05) is 11.4 Å².